The molecule has 4 nitrogen and oxygen atoms in total. The van der Waals surface area contributed by atoms with E-state index in [0.717, 1.165) is 45.8 Å². The zero-order valence-corrected chi connectivity index (χ0v) is 14.0. The van der Waals surface area contributed by atoms with Gasteiger partial charge in [-0.05, 0) is 53.6 Å². The quantitative estimate of drug-likeness (QED) is 0.518. The highest BCUT2D eigenvalue weighted by Crippen LogP contribution is 2.34. The fourth-order valence-corrected chi connectivity index (χ4v) is 2.71. The van der Waals surface area contributed by atoms with Crippen molar-refractivity contribution in [2.75, 3.05) is 18.2 Å². The summed E-state index contributed by atoms with van der Waals surface area (Å²) in [5.41, 5.74) is 11.3. The van der Waals surface area contributed by atoms with Gasteiger partial charge in [0.05, 0.1) is 7.11 Å². The minimum atomic E-state index is 0.402. The van der Waals surface area contributed by atoms with Crippen molar-refractivity contribution >= 4 is 23.3 Å². The Labute approximate surface area is 147 Å². The summed E-state index contributed by atoms with van der Waals surface area (Å²) in [4.78, 5) is 10.8. The second-order valence-electron chi connectivity index (χ2n) is 5.73. The molecule has 0 aliphatic heterocycles. The molecule has 0 heterocycles. The predicted molar refractivity (Wildman–Crippen MR) is 102 cm³/mol. The van der Waals surface area contributed by atoms with E-state index in [2.05, 4.69) is 5.32 Å². The highest BCUT2D eigenvalue weighted by atomic mass is 16.5. The predicted octanol–water partition coefficient (Wildman–Crippen LogP) is 4.43. The van der Waals surface area contributed by atoms with Crippen LogP contribution in [0, 0.1) is 0 Å². The summed E-state index contributed by atoms with van der Waals surface area (Å²) in [5.74, 6) is 0.783. The first-order chi connectivity index (χ1) is 12.2. The first-order valence-corrected chi connectivity index (χ1v) is 8.03. The van der Waals surface area contributed by atoms with Crippen LogP contribution in [0.4, 0.5) is 17.1 Å². The Morgan fingerprint density at radius 1 is 1.00 bits per heavy atom. The van der Waals surface area contributed by atoms with Crippen LogP contribution in [-0.2, 0) is 11.2 Å². The molecule has 0 aliphatic carbocycles. The van der Waals surface area contributed by atoms with Gasteiger partial charge in [-0.15, -0.1) is 0 Å². The van der Waals surface area contributed by atoms with Crippen LogP contribution < -0.4 is 15.8 Å². The number of hydrogen-bond donors (Lipinski definition) is 2. The summed E-state index contributed by atoms with van der Waals surface area (Å²) >= 11 is 0. The number of rotatable bonds is 6. The van der Waals surface area contributed by atoms with Gasteiger partial charge >= 0.3 is 0 Å². The van der Waals surface area contributed by atoms with E-state index in [9.17, 15) is 4.79 Å². The Kier molecular flexibility index (Phi) is 5.00. The minimum absolute atomic E-state index is 0.402. The molecule has 0 amide bonds. The number of nitrogens with one attached hydrogen (secondary N) is 1. The fraction of sp³-hybridized carbons (Fsp3) is 0.0952. The van der Waals surface area contributed by atoms with E-state index < -0.39 is 0 Å². The Balaban J connectivity index is 1.96. The third kappa shape index (κ3) is 3.98. The molecule has 4 heteroatoms. The molecule has 3 rings (SSSR count). The molecule has 0 aliphatic rings. The molecule has 0 bridgehead atoms. The van der Waals surface area contributed by atoms with Crippen molar-refractivity contribution in [2.45, 2.75) is 6.42 Å². The topological polar surface area (TPSA) is 64.3 Å². The fourth-order valence-electron chi connectivity index (χ4n) is 2.71. The highest BCUT2D eigenvalue weighted by molar-refractivity contribution is 5.77. The number of carbonyl (C=O) groups excluding carboxylic acids is 1. The standard InChI is InChI=1S/C21H20N2O2/c1-25-21-10-9-19(23-18-7-5-17(22)6-8-18)14-20(21)16-4-2-3-15(13-16)11-12-24/h2-10,12-14,23H,11,22H2,1H3. The number of nitrogen functional groups attached to an aromatic ring is 1. The molecule has 25 heavy (non-hydrogen) atoms. The SMILES string of the molecule is COc1ccc(Nc2ccc(N)cc2)cc1-c1cccc(CC=O)c1. The third-order valence-electron chi connectivity index (χ3n) is 3.96. The lowest BCUT2D eigenvalue weighted by Crippen LogP contribution is -1.94. The largest absolute Gasteiger partial charge is 0.496 e. The van der Waals surface area contributed by atoms with Crippen LogP contribution in [0.3, 0.4) is 0 Å². The van der Waals surface area contributed by atoms with Gasteiger partial charge in [0.1, 0.15) is 12.0 Å². The van der Waals surface area contributed by atoms with E-state index in [1.54, 1.807) is 7.11 Å². The molecule has 0 unspecified atom stereocenters. The molecule has 0 radical (unpaired) electrons. The van der Waals surface area contributed by atoms with Crippen molar-refractivity contribution in [1.29, 1.82) is 0 Å². The summed E-state index contributed by atoms with van der Waals surface area (Å²) < 4.78 is 5.51. The van der Waals surface area contributed by atoms with Gasteiger partial charge in [0.25, 0.3) is 0 Å². The number of hydrogen-bond acceptors (Lipinski definition) is 4. The number of methoxy groups -OCH3 is 1. The van der Waals surface area contributed by atoms with Gasteiger partial charge < -0.3 is 20.6 Å². The van der Waals surface area contributed by atoms with Gasteiger partial charge in [-0.25, -0.2) is 0 Å². The maximum absolute atomic E-state index is 10.8. The van der Waals surface area contributed by atoms with Crippen LogP contribution >= 0.6 is 0 Å². The van der Waals surface area contributed by atoms with Crippen molar-refractivity contribution in [1.82, 2.24) is 0 Å². The molecule has 126 valence electrons. The van der Waals surface area contributed by atoms with Crippen molar-refractivity contribution in [3.05, 3.63) is 72.3 Å². The van der Waals surface area contributed by atoms with Crippen LogP contribution in [0.25, 0.3) is 11.1 Å². The summed E-state index contributed by atoms with van der Waals surface area (Å²) in [7, 11) is 1.65. The zero-order chi connectivity index (χ0) is 17.6. The van der Waals surface area contributed by atoms with Crippen LogP contribution in [0.5, 0.6) is 5.75 Å². The van der Waals surface area contributed by atoms with E-state index in [1.165, 1.54) is 0 Å². The average Bonchev–Trinajstić information content (AvgIpc) is 2.64. The van der Waals surface area contributed by atoms with Gasteiger partial charge in [-0.1, -0.05) is 24.3 Å². The number of aldehydes is 1. The molecule has 0 saturated heterocycles. The molecular formula is C21H20N2O2. The van der Waals surface area contributed by atoms with Gasteiger partial charge in [0.15, 0.2) is 0 Å². The van der Waals surface area contributed by atoms with Crippen LogP contribution in [0.15, 0.2) is 66.7 Å². The van der Waals surface area contributed by atoms with E-state index in [4.69, 9.17) is 10.5 Å². The molecule has 0 atom stereocenters. The van der Waals surface area contributed by atoms with Crippen molar-refractivity contribution in [3.63, 3.8) is 0 Å². The maximum Gasteiger partial charge on any atom is 0.126 e. The molecule has 0 fully saturated rings. The van der Waals surface area contributed by atoms with E-state index >= 15 is 0 Å². The lowest BCUT2D eigenvalue weighted by atomic mass is 10.0. The molecular weight excluding hydrogens is 312 g/mol. The smallest absolute Gasteiger partial charge is 0.126 e. The highest BCUT2D eigenvalue weighted by Gasteiger charge is 2.08. The van der Waals surface area contributed by atoms with Crippen LogP contribution in [-0.4, -0.2) is 13.4 Å². The van der Waals surface area contributed by atoms with Crippen molar-refractivity contribution in [3.8, 4) is 16.9 Å². The summed E-state index contributed by atoms with van der Waals surface area (Å²) in [6, 6.07) is 21.4. The summed E-state index contributed by atoms with van der Waals surface area (Å²) in [6.45, 7) is 0. The van der Waals surface area contributed by atoms with Gasteiger partial charge in [-0.3, -0.25) is 0 Å². The van der Waals surface area contributed by atoms with Crippen molar-refractivity contribution < 1.29 is 9.53 Å². The number of ether oxygens (including phenoxy) is 1. The molecule has 3 aromatic carbocycles. The molecule has 3 N–H and O–H groups in total. The molecule has 0 spiro atoms. The monoisotopic (exact) mass is 332 g/mol. The van der Waals surface area contributed by atoms with E-state index in [0.29, 0.717) is 6.42 Å². The van der Waals surface area contributed by atoms with Crippen LogP contribution in [0.1, 0.15) is 5.56 Å². The van der Waals surface area contributed by atoms with Crippen molar-refractivity contribution in [2.24, 2.45) is 0 Å². The van der Waals surface area contributed by atoms with Gasteiger partial charge in [0, 0.05) is 29.0 Å². The number of benzene rings is 3. The number of anilines is 3. The molecule has 0 aromatic heterocycles. The zero-order valence-electron chi connectivity index (χ0n) is 14.0. The normalized spacial score (nSPS) is 10.3. The second kappa shape index (κ2) is 7.53. The van der Waals surface area contributed by atoms with E-state index in [1.807, 2.05) is 66.7 Å². The first-order valence-electron chi connectivity index (χ1n) is 8.03. The Morgan fingerprint density at radius 2 is 1.76 bits per heavy atom. The number of nitrogens with two attached hydrogens (primary N) is 1. The summed E-state index contributed by atoms with van der Waals surface area (Å²) in [6.07, 6.45) is 1.31. The third-order valence-corrected chi connectivity index (χ3v) is 3.96. The Morgan fingerprint density at radius 3 is 2.48 bits per heavy atom. The lowest BCUT2D eigenvalue weighted by Gasteiger charge is -2.13. The second-order valence-corrected chi connectivity index (χ2v) is 5.73. The maximum atomic E-state index is 10.8. The van der Waals surface area contributed by atoms with Gasteiger partial charge in [-0.2, -0.15) is 0 Å². The van der Waals surface area contributed by atoms with E-state index in [-0.39, 0.29) is 0 Å². The molecule has 3 aromatic rings. The van der Waals surface area contributed by atoms with Crippen LogP contribution in [0.2, 0.25) is 0 Å². The first kappa shape index (κ1) is 16.6. The Bertz CT molecular complexity index is 873. The minimum Gasteiger partial charge on any atom is -0.496 e. The lowest BCUT2D eigenvalue weighted by molar-refractivity contribution is -0.107. The van der Waals surface area contributed by atoms with Gasteiger partial charge in [0.2, 0.25) is 0 Å². The summed E-state index contributed by atoms with van der Waals surface area (Å²) in [5, 5.41) is 3.37. The number of carbonyl (C=O) groups is 1. The average molecular weight is 332 g/mol. The molecule has 0 saturated carbocycles. The Hall–Kier alpha value is -3.27.